The lowest BCUT2D eigenvalue weighted by atomic mass is 9.81. The van der Waals surface area contributed by atoms with Crippen LogP contribution in [0.3, 0.4) is 0 Å². The summed E-state index contributed by atoms with van der Waals surface area (Å²) in [5.41, 5.74) is 4.87. The van der Waals surface area contributed by atoms with E-state index in [9.17, 15) is 14.9 Å². The predicted molar refractivity (Wildman–Crippen MR) is 78.8 cm³/mol. The molecule has 0 aliphatic heterocycles. The van der Waals surface area contributed by atoms with Crippen LogP contribution in [0.15, 0.2) is 18.2 Å². The zero-order valence-corrected chi connectivity index (χ0v) is 12.2. The topological polar surface area (TPSA) is 98.3 Å². The molecule has 7 heteroatoms. The summed E-state index contributed by atoms with van der Waals surface area (Å²) in [5.74, 6) is -0.310. The lowest BCUT2D eigenvalue weighted by Crippen LogP contribution is -2.41. The standard InChI is InChI=1S/C13H18ClN3O3/c1-3-13(4-2,8-15)12(18)16-10-6-5-9(14)7-11(10)17(19)20/h5-7H,3-4,8,15H2,1-2H3,(H,16,18). The molecule has 0 atom stereocenters. The van der Waals surface area contributed by atoms with E-state index in [2.05, 4.69) is 5.32 Å². The summed E-state index contributed by atoms with van der Waals surface area (Å²) in [6, 6.07) is 4.12. The highest BCUT2D eigenvalue weighted by Crippen LogP contribution is 2.31. The van der Waals surface area contributed by atoms with E-state index in [0.29, 0.717) is 12.8 Å². The fraction of sp³-hybridized carbons (Fsp3) is 0.462. The van der Waals surface area contributed by atoms with Gasteiger partial charge in [-0.1, -0.05) is 25.4 Å². The smallest absolute Gasteiger partial charge is 0.294 e. The van der Waals surface area contributed by atoms with Crippen LogP contribution < -0.4 is 11.1 Å². The van der Waals surface area contributed by atoms with E-state index in [1.807, 2.05) is 13.8 Å². The number of halogens is 1. The first-order valence-corrected chi connectivity index (χ1v) is 6.73. The van der Waals surface area contributed by atoms with Crippen molar-refractivity contribution in [1.82, 2.24) is 0 Å². The average Bonchev–Trinajstić information content (AvgIpc) is 2.43. The molecule has 20 heavy (non-hydrogen) atoms. The van der Waals surface area contributed by atoms with Crippen LogP contribution >= 0.6 is 11.6 Å². The Kier molecular flexibility index (Phi) is 5.47. The molecule has 0 heterocycles. The van der Waals surface area contributed by atoms with Crippen molar-refractivity contribution in [3.8, 4) is 0 Å². The normalized spacial score (nSPS) is 11.2. The van der Waals surface area contributed by atoms with Crippen LogP contribution in [0.25, 0.3) is 0 Å². The Balaban J connectivity index is 3.10. The van der Waals surface area contributed by atoms with Crippen molar-refractivity contribution in [2.75, 3.05) is 11.9 Å². The predicted octanol–water partition coefficient (Wildman–Crippen LogP) is 2.95. The van der Waals surface area contributed by atoms with E-state index in [0.717, 1.165) is 0 Å². The van der Waals surface area contributed by atoms with E-state index >= 15 is 0 Å². The highest BCUT2D eigenvalue weighted by molar-refractivity contribution is 6.31. The summed E-state index contributed by atoms with van der Waals surface area (Å²) >= 11 is 5.73. The number of carbonyl (C=O) groups is 1. The van der Waals surface area contributed by atoms with E-state index < -0.39 is 10.3 Å². The lowest BCUT2D eigenvalue weighted by Gasteiger charge is -2.28. The Morgan fingerprint density at radius 2 is 2.05 bits per heavy atom. The molecule has 0 unspecified atom stereocenters. The molecule has 1 aromatic carbocycles. The Bertz CT molecular complexity index is 507. The van der Waals surface area contributed by atoms with Crippen molar-refractivity contribution in [3.05, 3.63) is 33.3 Å². The third kappa shape index (κ3) is 3.26. The number of benzene rings is 1. The largest absolute Gasteiger partial charge is 0.329 e. The van der Waals surface area contributed by atoms with Crippen molar-refractivity contribution < 1.29 is 9.72 Å². The van der Waals surface area contributed by atoms with E-state index in [1.165, 1.54) is 18.2 Å². The lowest BCUT2D eigenvalue weighted by molar-refractivity contribution is -0.383. The van der Waals surface area contributed by atoms with Gasteiger partial charge in [0.15, 0.2) is 0 Å². The van der Waals surface area contributed by atoms with Gasteiger partial charge in [0.1, 0.15) is 5.69 Å². The van der Waals surface area contributed by atoms with Gasteiger partial charge in [0, 0.05) is 17.6 Å². The molecule has 0 bridgehead atoms. The van der Waals surface area contributed by atoms with E-state index in [1.54, 1.807) is 0 Å². The van der Waals surface area contributed by atoms with Gasteiger partial charge in [0.2, 0.25) is 5.91 Å². The van der Waals surface area contributed by atoms with Gasteiger partial charge in [0.05, 0.1) is 10.3 Å². The van der Waals surface area contributed by atoms with Crippen LogP contribution in [0.2, 0.25) is 5.02 Å². The third-order valence-corrected chi connectivity index (χ3v) is 3.87. The molecule has 1 amide bonds. The molecule has 0 fully saturated rings. The van der Waals surface area contributed by atoms with Crippen LogP contribution in [0.5, 0.6) is 0 Å². The average molecular weight is 300 g/mol. The van der Waals surface area contributed by atoms with Gasteiger partial charge in [-0.15, -0.1) is 0 Å². The molecule has 0 aromatic heterocycles. The minimum Gasteiger partial charge on any atom is -0.329 e. The fourth-order valence-corrected chi connectivity index (χ4v) is 2.14. The minimum absolute atomic E-state index is 0.129. The zero-order chi connectivity index (χ0) is 15.3. The second kappa shape index (κ2) is 6.67. The number of nitro groups is 1. The molecular weight excluding hydrogens is 282 g/mol. The molecule has 0 aliphatic carbocycles. The first kappa shape index (κ1) is 16.4. The summed E-state index contributed by atoms with van der Waals surface area (Å²) in [6.07, 6.45) is 1.13. The second-order valence-corrected chi connectivity index (χ2v) is 5.00. The van der Waals surface area contributed by atoms with Gasteiger partial charge in [0.25, 0.3) is 5.69 Å². The maximum absolute atomic E-state index is 12.3. The number of nitrogens with two attached hydrogens (primary N) is 1. The van der Waals surface area contributed by atoms with E-state index in [4.69, 9.17) is 17.3 Å². The van der Waals surface area contributed by atoms with Gasteiger partial charge in [-0.05, 0) is 25.0 Å². The van der Waals surface area contributed by atoms with Crippen molar-refractivity contribution in [3.63, 3.8) is 0 Å². The maximum atomic E-state index is 12.3. The number of nitrogens with zero attached hydrogens (tertiary/aromatic N) is 1. The van der Waals surface area contributed by atoms with E-state index in [-0.39, 0.29) is 28.8 Å². The Hall–Kier alpha value is -1.66. The number of nitro benzene ring substituents is 1. The first-order valence-electron chi connectivity index (χ1n) is 6.35. The number of anilines is 1. The van der Waals surface area contributed by atoms with Crippen LogP contribution in [0, 0.1) is 15.5 Å². The van der Waals surface area contributed by atoms with Crippen LogP contribution in [0.4, 0.5) is 11.4 Å². The molecule has 0 radical (unpaired) electrons. The highest BCUT2D eigenvalue weighted by atomic mass is 35.5. The quantitative estimate of drug-likeness (QED) is 0.623. The van der Waals surface area contributed by atoms with Crippen LogP contribution in [-0.2, 0) is 4.79 Å². The summed E-state index contributed by atoms with van der Waals surface area (Å²) in [4.78, 5) is 22.7. The van der Waals surface area contributed by atoms with Crippen LogP contribution in [0.1, 0.15) is 26.7 Å². The molecule has 0 saturated heterocycles. The maximum Gasteiger partial charge on any atom is 0.294 e. The van der Waals surface area contributed by atoms with Gasteiger partial charge < -0.3 is 11.1 Å². The van der Waals surface area contributed by atoms with Gasteiger partial charge in [-0.3, -0.25) is 14.9 Å². The summed E-state index contributed by atoms with van der Waals surface area (Å²) in [5, 5.41) is 13.8. The third-order valence-electron chi connectivity index (χ3n) is 3.63. The SMILES string of the molecule is CCC(CC)(CN)C(=O)Nc1ccc(Cl)cc1[N+](=O)[O-]. The van der Waals surface area contributed by atoms with Crippen molar-refractivity contribution in [2.45, 2.75) is 26.7 Å². The molecule has 0 spiro atoms. The van der Waals surface area contributed by atoms with Crippen molar-refractivity contribution >= 4 is 28.9 Å². The molecule has 3 N–H and O–H groups in total. The molecular formula is C13H18ClN3O3. The Morgan fingerprint density at radius 3 is 2.50 bits per heavy atom. The molecule has 0 saturated carbocycles. The van der Waals surface area contributed by atoms with Gasteiger partial charge in [-0.2, -0.15) is 0 Å². The Morgan fingerprint density at radius 1 is 1.45 bits per heavy atom. The summed E-state index contributed by atoms with van der Waals surface area (Å²) in [6.45, 7) is 3.92. The highest BCUT2D eigenvalue weighted by Gasteiger charge is 2.34. The molecule has 1 rings (SSSR count). The van der Waals surface area contributed by atoms with Crippen LogP contribution in [-0.4, -0.2) is 17.4 Å². The Labute approximate surface area is 122 Å². The van der Waals surface area contributed by atoms with Crippen molar-refractivity contribution in [2.24, 2.45) is 11.1 Å². The summed E-state index contributed by atoms with van der Waals surface area (Å²) in [7, 11) is 0. The number of amides is 1. The van der Waals surface area contributed by atoms with Gasteiger partial charge in [-0.25, -0.2) is 0 Å². The fourth-order valence-electron chi connectivity index (χ4n) is 1.97. The first-order chi connectivity index (χ1) is 9.40. The molecule has 110 valence electrons. The second-order valence-electron chi connectivity index (χ2n) is 4.56. The molecule has 6 nitrogen and oxygen atoms in total. The minimum atomic E-state index is -0.715. The monoisotopic (exact) mass is 299 g/mol. The number of rotatable bonds is 6. The molecule has 0 aliphatic rings. The van der Waals surface area contributed by atoms with Crippen molar-refractivity contribution in [1.29, 1.82) is 0 Å². The number of nitrogens with one attached hydrogen (secondary N) is 1. The number of hydrogen-bond acceptors (Lipinski definition) is 4. The van der Waals surface area contributed by atoms with Gasteiger partial charge >= 0.3 is 0 Å². The number of carbonyl (C=O) groups excluding carboxylic acids is 1. The zero-order valence-electron chi connectivity index (χ0n) is 11.5. The number of hydrogen-bond donors (Lipinski definition) is 2. The molecule has 1 aromatic rings. The summed E-state index contributed by atoms with van der Waals surface area (Å²) < 4.78 is 0.